The van der Waals surface area contributed by atoms with Crippen molar-refractivity contribution in [1.82, 2.24) is 4.98 Å². The molecular weight excluding hydrogens is 374 g/mol. The number of sulfone groups is 1. The van der Waals surface area contributed by atoms with Gasteiger partial charge in [0.25, 0.3) is 5.56 Å². The quantitative estimate of drug-likeness (QED) is 0.653. The Morgan fingerprint density at radius 3 is 2.33 bits per heavy atom. The lowest BCUT2D eigenvalue weighted by molar-refractivity contribution is 0.0601. The lowest BCUT2D eigenvalue weighted by atomic mass is 10.1. The molecule has 1 heterocycles. The van der Waals surface area contributed by atoms with E-state index < -0.39 is 32.0 Å². The van der Waals surface area contributed by atoms with Crippen LogP contribution in [0.4, 0.5) is 0 Å². The van der Waals surface area contributed by atoms with Gasteiger partial charge in [-0.05, 0) is 42.5 Å². The van der Waals surface area contributed by atoms with Gasteiger partial charge in [0.05, 0.1) is 30.2 Å². The van der Waals surface area contributed by atoms with Crippen LogP contribution in [0.25, 0.3) is 10.9 Å². The van der Waals surface area contributed by atoms with Gasteiger partial charge in [0.2, 0.25) is 9.84 Å². The molecule has 0 atom stereocenters. The van der Waals surface area contributed by atoms with Gasteiger partial charge < -0.3 is 19.6 Å². The summed E-state index contributed by atoms with van der Waals surface area (Å²) in [5.41, 5.74) is -0.752. The van der Waals surface area contributed by atoms with E-state index in [-0.39, 0.29) is 21.4 Å². The molecule has 0 fully saturated rings. The molecule has 0 aliphatic rings. The molecule has 0 saturated carbocycles. The van der Waals surface area contributed by atoms with Gasteiger partial charge in [-0.3, -0.25) is 4.79 Å². The van der Waals surface area contributed by atoms with Crippen molar-refractivity contribution in [3.8, 4) is 11.5 Å². The summed E-state index contributed by atoms with van der Waals surface area (Å²) in [6, 6.07) is 9.40. The molecule has 27 heavy (non-hydrogen) atoms. The van der Waals surface area contributed by atoms with Crippen LogP contribution in [0.5, 0.6) is 11.5 Å². The van der Waals surface area contributed by atoms with E-state index in [9.17, 15) is 23.1 Å². The molecule has 0 amide bonds. The lowest BCUT2D eigenvalue weighted by Gasteiger charge is -2.10. The fourth-order valence-corrected chi connectivity index (χ4v) is 4.02. The van der Waals surface area contributed by atoms with Gasteiger partial charge in [-0.2, -0.15) is 0 Å². The highest BCUT2D eigenvalue weighted by Crippen LogP contribution is 2.32. The molecule has 140 valence electrons. The third kappa shape index (κ3) is 3.13. The molecule has 9 heteroatoms. The normalized spacial score (nSPS) is 11.3. The van der Waals surface area contributed by atoms with Gasteiger partial charge in [-0.25, -0.2) is 13.2 Å². The SMILES string of the molecule is COC(=O)c1ccc2c(O)c(S(=O)(=O)c3ccc(OC)cc3)c(=O)[nH]c2c1. The molecule has 8 nitrogen and oxygen atoms in total. The monoisotopic (exact) mass is 389 g/mol. The molecular formula is C18H15NO7S. The summed E-state index contributed by atoms with van der Waals surface area (Å²) >= 11 is 0. The minimum absolute atomic E-state index is 0.0781. The highest BCUT2D eigenvalue weighted by Gasteiger charge is 2.27. The summed E-state index contributed by atoms with van der Waals surface area (Å²) in [7, 11) is -1.65. The first-order valence-corrected chi connectivity index (χ1v) is 9.14. The number of pyridine rings is 1. The van der Waals surface area contributed by atoms with E-state index in [0.717, 1.165) is 0 Å². The Labute approximate surface area is 153 Å². The van der Waals surface area contributed by atoms with Gasteiger partial charge in [-0.1, -0.05) is 0 Å². The van der Waals surface area contributed by atoms with Crippen LogP contribution >= 0.6 is 0 Å². The van der Waals surface area contributed by atoms with E-state index in [0.29, 0.717) is 5.75 Å². The molecule has 0 aliphatic heterocycles. The zero-order valence-corrected chi connectivity index (χ0v) is 15.2. The molecule has 3 aromatic rings. The maximum absolute atomic E-state index is 12.8. The Hall–Kier alpha value is -3.33. The number of rotatable bonds is 4. The van der Waals surface area contributed by atoms with Gasteiger partial charge in [0.1, 0.15) is 11.5 Å². The van der Waals surface area contributed by atoms with Crippen molar-refractivity contribution in [2.24, 2.45) is 0 Å². The first kappa shape index (κ1) is 18.5. The number of aromatic nitrogens is 1. The molecule has 2 N–H and O–H groups in total. The van der Waals surface area contributed by atoms with Crippen molar-refractivity contribution in [3.63, 3.8) is 0 Å². The largest absolute Gasteiger partial charge is 0.506 e. The van der Waals surface area contributed by atoms with E-state index in [2.05, 4.69) is 9.72 Å². The number of aromatic hydroxyl groups is 1. The maximum Gasteiger partial charge on any atom is 0.337 e. The van der Waals surface area contributed by atoms with Crippen LogP contribution in [0, 0.1) is 0 Å². The molecule has 0 bridgehead atoms. The first-order valence-electron chi connectivity index (χ1n) is 7.66. The van der Waals surface area contributed by atoms with Crippen molar-refractivity contribution in [2.45, 2.75) is 9.79 Å². The molecule has 0 spiro atoms. The van der Waals surface area contributed by atoms with E-state index in [1.165, 1.54) is 56.7 Å². The van der Waals surface area contributed by atoms with E-state index in [4.69, 9.17) is 4.74 Å². The smallest absolute Gasteiger partial charge is 0.337 e. The number of hydrogen-bond donors (Lipinski definition) is 2. The summed E-state index contributed by atoms with van der Waals surface area (Å²) in [6.07, 6.45) is 0. The topological polar surface area (TPSA) is 123 Å². The van der Waals surface area contributed by atoms with Crippen LogP contribution in [0.15, 0.2) is 57.1 Å². The first-order chi connectivity index (χ1) is 12.8. The molecule has 3 rings (SSSR count). The molecule has 0 aliphatic carbocycles. The summed E-state index contributed by atoms with van der Waals surface area (Å²) in [5.74, 6) is -0.880. The number of ether oxygens (including phenoxy) is 2. The Morgan fingerprint density at radius 1 is 1.07 bits per heavy atom. The molecule has 0 unspecified atom stereocenters. The number of H-pyrrole nitrogens is 1. The maximum atomic E-state index is 12.8. The molecule has 0 radical (unpaired) electrons. The van der Waals surface area contributed by atoms with Crippen LogP contribution in [0.3, 0.4) is 0 Å². The van der Waals surface area contributed by atoms with Crippen LogP contribution in [0.1, 0.15) is 10.4 Å². The predicted octanol–water partition coefficient (Wildman–Crippen LogP) is 1.86. The van der Waals surface area contributed by atoms with Crippen molar-refractivity contribution in [2.75, 3.05) is 14.2 Å². The van der Waals surface area contributed by atoms with Gasteiger partial charge in [-0.15, -0.1) is 0 Å². The number of esters is 1. The zero-order chi connectivity index (χ0) is 19.8. The van der Waals surface area contributed by atoms with Crippen molar-refractivity contribution >= 4 is 26.7 Å². The Bertz CT molecular complexity index is 1190. The molecule has 2 aromatic carbocycles. The fourth-order valence-electron chi connectivity index (χ4n) is 2.63. The second kappa shape index (κ2) is 6.76. The Balaban J connectivity index is 2.22. The number of methoxy groups -OCH3 is 2. The summed E-state index contributed by atoms with van der Waals surface area (Å²) in [4.78, 5) is 25.5. The van der Waals surface area contributed by atoms with Crippen LogP contribution < -0.4 is 10.3 Å². The van der Waals surface area contributed by atoms with Crippen LogP contribution in [-0.4, -0.2) is 38.7 Å². The fraction of sp³-hybridized carbons (Fsp3) is 0.111. The molecule has 0 saturated heterocycles. The van der Waals surface area contributed by atoms with E-state index >= 15 is 0 Å². The number of fused-ring (bicyclic) bond motifs is 1. The summed E-state index contributed by atoms with van der Waals surface area (Å²) < 4.78 is 35.3. The minimum Gasteiger partial charge on any atom is -0.506 e. The summed E-state index contributed by atoms with van der Waals surface area (Å²) in [6.45, 7) is 0. The number of aromatic amines is 1. The predicted molar refractivity (Wildman–Crippen MR) is 96.0 cm³/mol. The summed E-state index contributed by atoms with van der Waals surface area (Å²) in [5, 5.41) is 10.6. The van der Waals surface area contributed by atoms with Gasteiger partial charge >= 0.3 is 5.97 Å². The number of benzene rings is 2. The van der Waals surface area contributed by atoms with E-state index in [1.54, 1.807) is 0 Å². The average Bonchev–Trinajstić information content (AvgIpc) is 2.66. The van der Waals surface area contributed by atoms with Gasteiger partial charge in [0.15, 0.2) is 4.90 Å². The number of carbonyl (C=O) groups is 1. The average molecular weight is 389 g/mol. The second-order valence-electron chi connectivity index (χ2n) is 5.56. The highest BCUT2D eigenvalue weighted by atomic mass is 32.2. The standard InChI is InChI=1S/C18H15NO7S/c1-25-11-4-6-12(7-5-11)27(23,24)16-15(20)13-8-3-10(18(22)26-2)9-14(13)19-17(16)21/h3-9H,1-2H3,(H2,19,20,21). The second-order valence-corrected chi connectivity index (χ2v) is 7.45. The third-order valence-corrected chi connectivity index (χ3v) is 5.81. The minimum atomic E-state index is -4.29. The Kier molecular flexibility index (Phi) is 4.63. The van der Waals surface area contributed by atoms with Gasteiger partial charge in [0, 0.05) is 5.39 Å². The van der Waals surface area contributed by atoms with Crippen molar-refractivity contribution < 1.29 is 27.8 Å². The number of carbonyl (C=O) groups excluding carboxylic acids is 1. The zero-order valence-electron chi connectivity index (χ0n) is 14.3. The van der Waals surface area contributed by atoms with Crippen LogP contribution in [0.2, 0.25) is 0 Å². The van der Waals surface area contributed by atoms with Crippen LogP contribution in [-0.2, 0) is 14.6 Å². The highest BCUT2D eigenvalue weighted by molar-refractivity contribution is 7.91. The van der Waals surface area contributed by atoms with Crippen molar-refractivity contribution in [3.05, 3.63) is 58.4 Å². The van der Waals surface area contributed by atoms with E-state index in [1.807, 2.05) is 0 Å². The molecule has 1 aromatic heterocycles. The van der Waals surface area contributed by atoms with Crippen molar-refractivity contribution in [1.29, 1.82) is 0 Å². The third-order valence-electron chi connectivity index (χ3n) is 4.00. The Morgan fingerprint density at radius 2 is 1.74 bits per heavy atom. The lowest BCUT2D eigenvalue weighted by Crippen LogP contribution is -2.18. The number of nitrogens with one attached hydrogen (secondary N) is 1. The number of hydrogen-bond acceptors (Lipinski definition) is 7.